The molecule has 0 fully saturated rings. The molecule has 2 aromatic carbocycles. The highest BCUT2D eigenvalue weighted by molar-refractivity contribution is 7.16. The molecule has 10 heteroatoms. The van der Waals surface area contributed by atoms with Crippen molar-refractivity contribution in [3.8, 4) is 0 Å². The summed E-state index contributed by atoms with van der Waals surface area (Å²) in [6, 6.07) is 12.5. The molecule has 4 rings (SSSR count). The van der Waals surface area contributed by atoms with Crippen molar-refractivity contribution in [1.82, 2.24) is 4.90 Å². The Morgan fingerprint density at radius 3 is 2.18 bits per heavy atom. The maximum absolute atomic E-state index is 12.8. The number of benzene rings is 2. The van der Waals surface area contributed by atoms with Gasteiger partial charge in [0.15, 0.2) is 0 Å². The van der Waals surface area contributed by atoms with E-state index in [0.717, 1.165) is 16.2 Å². The zero-order chi connectivity index (χ0) is 23.7. The molecule has 0 saturated carbocycles. The Kier molecular flexibility index (Phi) is 6.51. The van der Waals surface area contributed by atoms with E-state index in [4.69, 9.17) is 27.9 Å². The van der Waals surface area contributed by atoms with Crippen LogP contribution in [0.1, 0.15) is 53.2 Å². The standard InChI is InChI=1S/C23H16Cl2N2O5S/c1-2-32-23(31)18-10-15(11-27-21(29)16-5-3-4-6-17(16)22(27)30)33-20(18)26-19(28)12-7-13(24)9-14(25)8-12/h3-10H,2,11H2,1H3,(H,26,28). The van der Waals surface area contributed by atoms with Gasteiger partial charge in [0.05, 0.1) is 29.8 Å². The summed E-state index contributed by atoms with van der Waals surface area (Å²) < 4.78 is 5.10. The summed E-state index contributed by atoms with van der Waals surface area (Å²) in [5.41, 5.74) is 0.986. The lowest BCUT2D eigenvalue weighted by molar-refractivity contribution is 0.0527. The first-order valence-electron chi connectivity index (χ1n) is 9.81. The lowest BCUT2D eigenvalue weighted by atomic mass is 10.1. The Hall–Kier alpha value is -3.20. The van der Waals surface area contributed by atoms with Crippen molar-refractivity contribution in [2.75, 3.05) is 11.9 Å². The molecule has 168 valence electrons. The average Bonchev–Trinajstić information content (AvgIpc) is 3.28. The van der Waals surface area contributed by atoms with Gasteiger partial charge in [0.25, 0.3) is 17.7 Å². The van der Waals surface area contributed by atoms with E-state index < -0.39 is 23.7 Å². The molecule has 3 aromatic rings. The van der Waals surface area contributed by atoms with Crippen LogP contribution in [0.15, 0.2) is 48.5 Å². The number of esters is 1. The van der Waals surface area contributed by atoms with E-state index >= 15 is 0 Å². The Bertz CT molecular complexity index is 1250. The molecule has 1 aromatic heterocycles. The second-order valence-corrected chi connectivity index (χ2v) is 9.04. The predicted octanol–water partition coefficient (Wildman–Crippen LogP) is 5.28. The SMILES string of the molecule is CCOC(=O)c1cc(CN2C(=O)c3ccccc3C2=O)sc1NC(=O)c1cc(Cl)cc(Cl)c1. The fourth-order valence-electron chi connectivity index (χ4n) is 3.37. The van der Waals surface area contributed by atoms with Crippen LogP contribution in [0.5, 0.6) is 0 Å². The molecule has 33 heavy (non-hydrogen) atoms. The number of fused-ring (bicyclic) bond motifs is 1. The molecule has 1 aliphatic heterocycles. The highest BCUT2D eigenvalue weighted by atomic mass is 35.5. The van der Waals surface area contributed by atoms with Crippen LogP contribution in [0.4, 0.5) is 5.00 Å². The first-order chi connectivity index (χ1) is 15.8. The third kappa shape index (κ3) is 4.64. The van der Waals surface area contributed by atoms with Gasteiger partial charge in [-0.05, 0) is 43.3 Å². The van der Waals surface area contributed by atoms with Crippen LogP contribution in [0.25, 0.3) is 0 Å². The molecule has 0 saturated heterocycles. The van der Waals surface area contributed by atoms with Gasteiger partial charge in [0.2, 0.25) is 0 Å². The number of carbonyl (C=O) groups is 4. The van der Waals surface area contributed by atoms with Gasteiger partial charge in [-0.15, -0.1) is 11.3 Å². The van der Waals surface area contributed by atoms with Gasteiger partial charge >= 0.3 is 5.97 Å². The topological polar surface area (TPSA) is 92.8 Å². The fraction of sp³-hybridized carbons (Fsp3) is 0.130. The Morgan fingerprint density at radius 1 is 1.00 bits per heavy atom. The quantitative estimate of drug-likeness (QED) is 0.365. The molecule has 3 amide bonds. The first kappa shape index (κ1) is 23.0. The Balaban J connectivity index is 1.62. The van der Waals surface area contributed by atoms with Gasteiger partial charge in [-0.3, -0.25) is 19.3 Å². The number of nitrogens with zero attached hydrogens (tertiary/aromatic N) is 1. The number of rotatable bonds is 6. The van der Waals surface area contributed by atoms with Crippen molar-refractivity contribution < 1.29 is 23.9 Å². The van der Waals surface area contributed by atoms with Crippen LogP contribution in [0.2, 0.25) is 10.0 Å². The molecule has 0 spiro atoms. The van der Waals surface area contributed by atoms with Crippen LogP contribution < -0.4 is 5.32 Å². The van der Waals surface area contributed by atoms with Crippen molar-refractivity contribution in [3.05, 3.63) is 85.7 Å². The second-order valence-electron chi connectivity index (χ2n) is 7.03. The second kappa shape index (κ2) is 9.35. The minimum atomic E-state index is -0.637. The number of ether oxygens (including phenoxy) is 1. The number of imide groups is 1. The van der Waals surface area contributed by atoms with Gasteiger partial charge in [-0.2, -0.15) is 0 Å². The van der Waals surface area contributed by atoms with Crippen molar-refractivity contribution in [2.45, 2.75) is 13.5 Å². The summed E-state index contributed by atoms with van der Waals surface area (Å²) in [5, 5.41) is 3.48. The third-order valence-electron chi connectivity index (χ3n) is 4.82. The van der Waals surface area contributed by atoms with Gasteiger partial charge in [-0.25, -0.2) is 4.79 Å². The number of nitrogens with one attached hydrogen (secondary N) is 1. The number of hydrogen-bond acceptors (Lipinski definition) is 6. The minimum absolute atomic E-state index is 0.0533. The maximum Gasteiger partial charge on any atom is 0.341 e. The first-order valence-corrected chi connectivity index (χ1v) is 11.4. The molecule has 0 unspecified atom stereocenters. The summed E-state index contributed by atoms with van der Waals surface area (Å²) in [6.07, 6.45) is 0. The lowest BCUT2D eigenvalue weighted by Gasteiger charge is -2.12. The molecule has 0 radical (unpaired) electrons. The maximum atomic E-state index is 12.8. The highest BCUT2D eigenvalue weighted by Gasteiger charge is 2.35. The van der Waals surface area contributed by atoms with Gasteiger partial charge in [0, 0.05) is 20.5 Å². The Labute approximate surface area is 202 Å². The number of amides is 3. The molecular weight excluding hydrogens is 487 g/mol. The number of carbonyl (C=O) groups excluding carboxylic acids is 4. The van der Waals surface area contributed by atoms with Crippen molar-refractivity contribution in [1.29, 1.82) is 0 Å². The van der Waals surface area contributed by atoms with E-state index in [-0.39, 0.29) is 39.3 Å². The molecule has 1 N–H and O–H groups in total. The molecule has 7 nitrogen and oxygen atoms in total. The van der Waals surface area contributed by atoms with Crippen LogP contribution in [0.3, 0.4) is 0 Å². The van der Waals surface area contributed by atoms with Crippen molar-refractivity contribution in [2.24, 2.45) is 0 Å². The smallest absolute Gasteiger partial charge is 0.341 e. The number of hydrogen-bond donors (Lipinski definition) is 1. The summed E-state index contributed by atoms with van der Waals surface area (Å²) in [7, 11) is 0. The number of halogens is 2. The monoisotopic (exact) mass is 502 g/mol. The molecule has 2 heterocycles. The minimum Gasteiger partial charge on any atom is -0.462 e. The van der Waals surface area contributed by atoms with Crippen molar-refractivity contribution in [3.63, 3.8) is 0 Å². The van der Waals surface area contributed by atoms with E-state index in [1.54, 1.807) is 31.2 Å². The average molecular weight is 503 g/mol. The summed E-state index contributed by atoms with van der Waals surface area (Å²) >= 11 is 13.0. The normalized spacial score (nSPS) is 12.6. The zero-order valence-electron chi connectivity index (χ0n) is 17.2. The van der Waals surface area contributed by atoms with E-state index in [9.17, 15) is 19.2 Å². The van der Waals surface area contributed by atoms with E-state index in [1.807, 2.05) is 0 Å². The van der Waals surface area contributed by atoms with Crippen LogP contribution >= 0.6 is 34.5 Å². The van der Waals surface area contributed by atoms with E-state index in [2.05, 4.69) is 5.32 Å². The molecular formula is C23H16Cl2N2O5S. The van der Waals surface area contributed by atoms with Crippen LogP contribution in [-0.4, -0.2) is 35.2 Å². The van der Waals surface area contributed by atoms with Crippen LogP contribution in [-0.2, 0) is 11.3 Å². The zero-order valence-corrected chi connectivity index (χ0v) is 19.5. The molecule has 0 atom stereocenters. The summed E-state index contributed by atoms with van der Waals surface area (Å²) in [4.78, 5) is 52.3. The third-order valence-corrected chi connectivity index (χ3v) is 6.29. The van der Waals surface area contributed by atoms with E-state index in [1.165, 1.54) is 24.3 Å². The van der Waals surface area contributed by atoms with Crippen molar-refractivity contribution >= 4 is 63.2 Å². The van der Waals surface area contributed by atoms with Crippen LogP contribution in [0, 0.1) is 0 Å². The predicted molar refractivity (Wildman–Crippen MR) is 125 cm³/mol. The molecule has 1 aliphatic rings. The lowest BCUT2D eigenvalue weighted by Crippen LogP contribution is -2.28. The van der Waals surface area contributed by atoms with Gasteiger partial charge in [-0.1, -0.05) is 35.3 Å². The largest absolute Gasteiger partial charge is 0.462 e. The summed E-state index contributed by atoms with van der Waals surface area (Å²) in [6.45, 7) is 1.75. The number of anilines is 1. The fourth-order valence-corrected chi connectivity index (χ4v) is 4.93. The number of thiophene rings is 1. The molecule has 0 bridgehead atoms. The Morgan fingerprint density at radius 2 is 1.61 bits per heavy atom. The highest BCUT2D eigenvalue weighted by Crippen LogP contribution is 2.33. The summed E-state index contributed by atoms with van der Waals surface area (Å²) in [5.74, 6) is -2.00. The van der Waals surface area contributed by atoms with Gasteiger partial charge in [0.1, 0.15) is 5.00 Å². The molecule has 0 aliphatic carbocycles. The van der Waals surface area contributed by atoms with Gasteiger partial charge < -0.3 is 10.1 Å². The van der Waals surface area contributed by atoms with E-state index in [0.29, 0.717) is 16.0 Å².